The molecule has 0 heterocycles. The van der Waals surface area contributed by atoms with E-state index in [0.717, 1.165) is 6.54 Å². The molecule has 0 amide bonds. The standard InChI is InChI=1S/C5H10N2/c1-3-7(4-2)5-6/h3,5-6H,1,4H2,2H3. The molecule has 0 rings (SSSR count). The fourth-order valence-corrected chi connectivity index (χ4v) is 0.273. The Morgan fingerprint density at radius 1 is 1.86 bits per heavy atom. The Bertz CT molecular complexity index is 60.5. The average Bonchev–Trinajstić information content (AvgIpc) is 1.72. The van der Waals surface area contributed by atoms with Crippen molar-refractivity contribution in [3.05, 3.63) is 12.8 Å². The van der Waals surface area contributed by atoms with Gasteiger partial charge in [0, 0.05) is 6.54 Å². The van der Waals surface area contributed by atoms with Gasteiger partial charge in [-0.3, -0.25) is 5.41 Å². The van der Waals surface area contributed by atoms with Gasteiger partial charge < -0.3 is 4.90 Å². The second-order valence-electron chi connectivity index (χ2n) is 1.14. The molecule has 2 heteroatoms. The zero-order chi connectivity index (χ0) is 5.70. The third kappa shape index (κ3) is 1.98. The molecule has 0 spiro atoms. The predicted molar refractivity (Wildman–Crippen MR) is 31.4 cm³/mol. The lowest BCUT2D eigenvalue weighted by molar-refractivity contribution is 0.606. The van der Waals surface area contributed by atoms with Gasteiger partial charge in [0.05, 0.1) is 6.34 Å². The van der Waals surface area contributed by atoms with E-state index in [1.54, 1.807) is 11.1 Å². The van der Waals surface area contributed by atoms with Crippen LogP contribution in [-0.2, 0) is 0 Å². The van der Waals surface area contributed by atoms with Crippen molar-refractivity contribution in [2.75, 3.05) is 6.54 Å². The molecule has 0 saturated heterocycles. The Kier molecular flexibility index (Phi) is 3.02. The minimum atomic E-state index is 0.826. The number of nitrogens with one attached hydrogen (secondary N) is 1. The fraction of sp³-hybridized carbons (Fsp3) is 0.400. The van der Waals surface area contributed by atoms with E-state index in [1.165, 1.54) is 6.34 Å². The molecule has 0 saturated carbocycles. The highest BCUT2D eigenvalue weighted by atomic mass is 15.1. The van der Waals surface area contributed by atoms with E-state index in [-0.39, 0.29) is 0 Å². The van der Waals surface area contributed by atoms with Crippen LogP contribution in [0.2, 0.25) is 0 Å². The molecular weight excluding hydrogens is 88.1 g/mol. The predicted octanol–water partition coefficient (Wildman–Crippen LogP) is 1.06. The molecular formula is C5H10N2. The van der Waals surface area contributed by atoms with Crippen LogP contribution in [0.4, 0.5) is 0 Å². The van der Waals surface area contributed by atoms with E-state index in [9.17, 15) is 0 Å². The van der Waals surface area contributed by atoms with Gasteiger partial charge in [0.25, 0.3) is 0 Å². The van der Waals surface area contributed by atoms with Crippen LogP contribution in [0, 0.1) is 5.41 Å². The summed E-state index contributed by atoms with van der Waals surface area (Å²) in [6, 6.07) is 0. The maximum Gasteiger partial charge on any atom is 0.0856 e. The van der Waals surface area contributed by atoms with Gasteiger partial charge in [-0.05, 0) is 13.1 Å². The second-order valence-corrected chi connectivity index (χ2v) is 1.14. The first-order valence-corrected chi connectivity index (χ1v) is 2.24. The van der Waals surface area contributed by atoms with Crippen molar-refractivity contribution in [1.82, 2.24) is 4.90 Å². The minimum Gasteiger partial charge on any atom is -0.340 e. The molecule has 0 atom stereocenters. The minimum absolute atomic E-state index is 0.826. The lowest BCUT2D eigenvalue weighted by Crippen LogP contribution is -2.11. The fourth-order valence-electron chi connectivity index (χ4n) is 0.273. The number of hydrogen-bond donors (Lipinski definition) is 1. The van der Waals surface area contributed by atoms with E-state index in [1.807, 2.05) is 6.92 Å². The van der Waals surface area contributed by atoms with Crippen LogP contribution in [0.15, 0.2) is 12.8 Å². The average molecular weight is 98.1 g/mol. The smallest absolute Gasteiger partial charge is 0.0856 e. The van der Waals surface area contributed by atoms with Gasteiger partial charge in [-0.2, -0.15) is 0 Å². The van der Waals surface area contributed by atoms with E-state index >= 15 is 0 Å². The summed E-state index contributed by atoms with van der Waals surface area (Å²) in [4.78, 5) is 1.68. The summed E-state index contributed by atoms with van der Waals surface area (Å²) in [5, 5.41) is 6.69. The van der Waals surface area contributed by atoms with Crippen molar-refractivity contribution in [1.29, 1.82) is 5.41 Å². The monoisotopic (exact) mass is 98.1 g/mol. The number of nitrogens with zero attached hydrogens (tertiary/aromatic N) is 1. The summed E-state index contributed by atoms with van der Waals surface area (Å²) in [5.41, 5.74) is 0. The first kappa shape index (κ1) is 6.21. The Balaban J connectivity index is 3.36. The Morgan fingerprint density at radius 3 is 2.43 bits per heavy atom. The largest absolute Gasteiger partial charge is 0.340 e. The van der Waals surface area contributed by atoms with Crippen molar-refractivity contribution in [2.45, 2.75) is 6.92 Å². The van der Waals surface area contributed by atoms with Gasteiger partial charge in [-0.15, -0.1) is 0 Å². The van der Waals surface area contributed by atoms with Gasteiger partial charge in [0.2, 0.25) is 0 Å². The van der Waals surface area contributed by atoms with E-state index in [4.69, 9.17) is 5.41 Å². The van der Waals surface area contributed by atoms with Crippen molar-refractivity contribution >= 4 is 6.34 Å². The molecule has 0 aliphatic carbocycles. The van der Waals surface area contributed by atoms with Crippen molar-refractivity contribution < 1.29 is 0 Å². The highest BCUT2D eigenvalue weighted by Gasteiger charge is 1.80. The van der Waals surface area contributed by atoms with E-state index in [2.05, 4.69) is 6.58 Å². The summed E-state index contributed by atoms with van der Waals surface area (Å²) in [6.45, 7) is 6.27. The Labute approximate surface area is 44.0 Å². The lowest BCUT2D eigenvalue weighted by atomic mass is 10.6. The van der Waals surface area contributed by atoms with E-state index < -0.39 is 0 Å². The molecule has 40 valence electrons. The molecule has 0 aromatic heterocycles. The van der Waals surface area contributed by atoms with Gasteiger partial charge in [0.1, 0.15) is 0 Å². The first-order chi connectivity index (χ1) is 3.35. The van der Waals surface area contributed by atoms with Crippen LogP contribution in [0.25, 0.3) is 0 Å². The van der Waals surface area contributed by atoms with Crippen LogP contribution in [-0.4, -0.2) is 17.8 Å². The summed E-state index contributed by atoms with van der Waals surface area (Å²) >= 11 is 0. The van der Waals surface area contributed by atoms with Crippen molar-refractivity contribution in [3.63, 3.8) is 0 Å². The van der Waals surface area contributed by atoms with Crippen LogP contribution >= 0.6 is 0 Å². The zero-order valence-corrected chi connectivity index (χ0v) is 4.52. The zero-order valence-electron chi connectivity index (χ0n) is 4.52. The Hall–Kier alpha value is -0.790. The molecule has 1 N–H and O–H groups in total. The first-order valence-electron chi connectivity index (χ1n) is 2.24. The molecule has 0 aliphatic heterocycles. The highest BCUT2D eigenvalue weighted by Crippen LogP contribution is 1.77. The van der Waals surface area contributed by atoms with Gasteiger partial charge in [-0.25, -0.2) is 0 Å². The summed E-state index contributed by atoms with van der Waals surface area (Å²) in [6.07, 6.45) is 2.86. The van der Waals surface area contributed by atoms with Crippen LogP contribution < -0.4 is 0 Å². The maximum atomic E-state index is 6.69. The molecule has 0 unspecified atom stereocenters. The molecule has 0 aromatic rings. The van der Waals surface area contributed by atoms with Crippen molar-refractivity contribution in [3.8, 4) is 0 Å². The molecule has 7 heavy (non-hydrogen) atoms. The van der Waals surface area contributed by atoms with Gasteiger partial charge in [-0.1, -0.05) is 6.58 Å². The van der Waals surface area contributed by atoms with Gasteiger partial charge in [0.15, 0.2) is 0 Å². The molecule has 0 fully saturated rings. The third-order valence-corrected chi connectivity index (χ3v) is 0.765. The summed E-state index contributed by atoms with van der Waals surface area (Å²) in [5.74, 6) is 0. The van der Waals surface area contributed by atoms with Crippen molar-refractivity contribution in [2.24, 2.45) is 0 Å². The third-order valence-electron chi connectivity index (χ3n) is 0.765. The molecule has 2 nitrogen and oxygen atoms in total. The number of hydrogen-bond acceptors (Lipinski definition) is 1. The summed E-state index contributed by atoms with van der Waals surface area (Å²) in [7, 11) is 0. The molecule has 0 aromatic carbocycles. The molecule has 0 aliphatic rings. The van der Waals surface area contributed by atoms with Gasteiger partial charge >= 0.3 is 0 Å². The SMILES string of the molecule is C=CN(C=N)CC. The quantitative estimate of drug-likeness (QED) is 0.414. The Morgan fingerprint density at radius 2 is 2.43 bits per heavy atom. The molecule has 0 radical (unpaired) electrons. The lowest BCUT2D eigenvalue weighted by Gasteiger charge is -2.06. The topological polar surface area (TPSA) is 27.1 Å². The van der Waals surface area contributed by atoms with Crippen LogP contribution in [0.1, 0.15) is 6.92 Å². The second kappa shape index (κ2) is 3.40. The van der Waals surface area contributed by atoms with Crippen LogP contribution in [0.3, 0.4) is 0 Å². The van der Waals surface area contributed by atoms with E-state index in [0.29, 0.717) is 0 Å². The van der Waals surface area contributed by atoms with Crippen LogP contribution in [0.5, 0.6) is 0 Å². The summed E-state index contributed by atoms with van der Waals surface area (Å²) < 4.78 is 0. The normalized spacial score (nSPS) is 7.57. The number of rotatable bonds is 3. The maximum absolute atomic E-state index is 6.69. The highest BCUT2D eigenvalue weighted by molar-refractivity contribution is 5.51. The molecule has 0 bridgehead atoms.